The molecule has 0 heterocycles. The second-order valence-corrected chi connectivity index (χ2v) is 11.1. The highest BCUT2D eigenvalue weighted by Crippen LogP contribution is 2.72. The summed E-state index contributed by atoms with van der Waals surface area (Å²) in [6, 6.07) is 0. The van der Waals surface area contributed by atoms with Crippen LogP contribution in [0.4, 0.5) is 0 Å². The van der Waals surface area contributed by atoms with E-state index in [1.54, 1.807) is 6.08 Å². The number of carboxylic acids is 1. The van der Waals surface area contributed by atoms with Crippen LogP contribution >= 0.6 is 0 Å². The molecular weight excluding hydrogens is 364 g/mol. The van der Waals surface area contributed by atoms with Crippen LogP contribution in [0.2, 0.25) is 0 Å². The molecule has 4 aliphatic carbocycles. The van der Waals surface area contributed by atoms with Gasteiger partial charge < -0.3 is 9.84 Å². The van der Waals surface area contributed by atoms with Crippen LogP contribution in [0, 0.1) is 34.0 Å². The van der Waals surface area contributed by atoms with Crippen molar-refractivity contribution in [3.8, 4) is 0 Å². The number of carbonyl (C=O) groups excluding carboxylic acids is 1. The maximum atomic E-state index is 12.6. The smallest absolute Gasteiger partial charge is 0.331 e. The van der Waals surface area contributed by atoms with Crippen molar-refractivity contribution in [2.75, 3.05) is 0 Å². The van der Waals surface area contributed by atoms with Gasteiger partial charge in [-0.15, -0.1) is 0 Å². The maximum Gasteiger partial charge on any atom is 0.331 e. The number of hydrogen-bond acceptors (Lipinski definition) is 3. The number of allylic oxidation sites excluding steroid dienone is 1. The third-order valence-electron chi connectivity index (χ3n) is 9.31. The molecule has 29 heavy (non-hydrogen) atoms. The van der Waals surface area contributed by atoms with Gasteiger partial charge in [0.05, 0.1) is 5.41 Å². The second kappa shape index (κ2) is 6.72. The molecular formula is C25H36O4. The van der Waals surface area contributed by atoms with E-state index in [0.29, 0.717) is 11.8 Å². The number of rotatable bonds is 3. The Morgan fingerprint density at radius 2 is 1.83 bits per heavy atom. The molecule has 4 heteroatoms. The fourth-order valence-electron chi connectivity index (χ4n) is 8.17. The van der Waals surface area contributed by atoms with Crippen LogP contribution in [-0.2, 0) is 14.3 Å². The Balaban J connectivity index is 1.72. The average molecular weight is 401 g/mol. The Hall–Kier alpha value is -1.58. The average Bonchev–Trinajstić information content (AvgIpc) is 2.81. The number of hydrogen-bond donors (Lipinski definition) is 1. The third-order valence-corrected chi connectivity index (χ3v) is 9.31. The van der Waals surface area contributed by atoms with Crippen LogP contribution in [0.25, 0.3) is 0 Å². The zero-order valence-electron chi connectivity index (χ0n) is 18.4. The van der Waals surface area contributed by atoms with Gasteiger partial charge in [0, 0.05) is 11.5 Å². The van der Waals surface area contributed by atoms with Gasteiger partial charge in [0.1, 0.15) is 6.10 Å². The van der Waals surface area contributed by atoms with Crippen molar-refractivity contribution in [2.24, 2.45) is 34.0 Å². The lowest BCUT2D eigenvalue weighted by Crippen LogP contribution is -2.60. The van der Waals surface area contributed by atoms with Crippen LogP contribution in [0.3, 0.4) is 0 Å². The third kappa shape index (κ3) is 2.84. The maximum absolute atomic E-state index is 12.6. The summed E-state index contributed by atoms with van der Waals surface area (Å²) < 4.78 is 6.10. The molecule has 1 N–H and O–H groups in total. The Kier molecular flexibility index (Phi) is 4.79. The van der Waals surface area contributed by atoms with Gasteiger partial charge in [-0.2, -0.15) is 0 Å². The van der Waals surface area contributed by atoms with E-state index < -0.39 is 11.4 Å². The number of ether oxygens (including phenoxy) is 1. The van der Waals surface area contributed by atoms with Crippen molar-refractivity contribution >= 4 is 11.9 Å². The van der Waals surface area contributed by atoms with Crippen molar-refractivity contribution in [3.63, 3.8) is 0 Å². The Labute approximate surface area is 174 Å². The van der Waals surface area contributed by atoms with E-state index in [1.165, 1.54) is 0 Å². The molecule has 0 radical (unpaired) electrons. The lowest BCUT2D eigenvalue weighted by molar-refractivity contribution is -0.195. The number of aliphatic carboxylic acids is 1. The van der Waals surface area contributed by atoms with E-state index in [9.17, 15) is 14.7 Å². The van der Waals surface area contributed by atoms with Gasteiger partial charge >= 0.3 is 11.9 Å². The molecule has 0 amide bonds. The first-order valence-electron chi connectivity index (χ1n) is 11.3. The summed E-state index contributed by atoms with van der Waals surface area (Å²) in [6.45, 7) is 12.5. The molecule has 4 aliphatic rings. The molecule has 0 aromatic rings. The largest absolute Gasteiger partial charge is 0.481 e. The molecule has 0 unspecified atom stereocenters. The summed E-state index contributed by atoms with van der Waals surface area (Å²) in [7, 11) is 0. The Morgan fingerprint density at radius 3 is 2.48 bits per heavy atom. The Morgan fingerprint density at radius 1 is 1.10 bits per heavy atom. The molecule has 1 spiro atoms. The van der Waals surface area contributed by atoms with E-state index in [0.717, 1.165) is 62.5 Å². The predicted octanol–water partition coefficient (Wildman–Crippen LogP) is 5.53. The van der Waals surface area contributed by atoms with Gasteiger partial charge in [-0.3, -0.25) is 4.79 Å². The first-order valence-corrected chi connectivity index (χ1v) is 11.3. The highest BCUT2D eigenvalue weighted by atomic mass is 16.5. The van der Waals surface area contributed by atoms with Crippen molar-refractivity contribution in [1.29, 1.82) is 0 Å². The molecule has 0 aromatic carbocycles. The molecule has 2 bridgehead atoms. The summed E-state index contributed by atoms with van der Waals surface area (Å²) in [5.41, 5.74) is 1.32. The zero-order chi connectivity index (χ0) is 21.2. The van der Waals surface area contributed by atoms with E-state index in [-0.39, 0.29) is 28.8 Å². The molecule has 0 saturated heterocycles. The summed E-state index contributed by atoms with van der Waals surface area (Å²) >= 11 is 0. The first-order chi connectivity index (χ1) is 13.5. The van der Waals surface area contributed by atoms with Gasteiger partial charge in [-0.05, 0) is 94.5 Å². The molecule has 0 aliphatic heterocycles. The lowest BCUT2D eigenvalue weighted by Gasteiger charge is -2.63. The number of fused-ring (bicyclic) bond motifs is 3. The molecule has 0 aromatic heterocycles. The second-order valence-electron chi connectivity index (χ2n) is 11.1. The summed E-state index contributed by atoms with van der Waals surface area (Å²) in [4.78, 5) is 24.8. The SMILES string of the molecule is C=C1[C@@H]2CC[C@H]3[C@]4(C)CCC[C@@](C)(C(=O)O)[C@H]4CC[C@]3(C2)[C@H]1OC(=O)C=C(C)C. The minimum atomic E-state index is -0.644. The fourth-order valence-corrected chi connectivity index (χ4v) is 8.17. The zero-order valence-corrected chi connectivity index (χ0v) is 18.4. The standard InChI is InChI=1S/C25H36O4/c1-15(2)13-20(26)29-21-16(3)17-7-8-19-23(4)10-6-11-24(5,22(27)28)18(23)9-12-25(19,21)14-17/h13,17-19,21H,3,6-12,14H2,1-2,4-5H3,(H,27,28)/t17-,18+,19+,21+,23-,24-,25-/m1/s1. The molecule has 160 valence electrons. The van der Waals surface area contributed by atoms with Gasteiger partial charge in [0.25, 0.3) is 0 Å². The minimum Gasteiger partial charge on any atom is -0.481 e. The monoisotopic (exact) mass is 400 g/mol. The summed E-state index contributed by atoms with van der Waals surface area (Å²) in [5, 5.41) is 10.1. The van der Waals surface area contributed by atoms with Gasteiger partial charge in [0.2, 0.25) is 0 Å². The lowest BCUT2D eigenvalue weighted by atomic mass is 9.40. The van der Waals surface area contributed by atoms with Crippen LogP contribution < -0.4 is 0 Å². The molecule has 7 atom stereocenters. The van der Waals surface area contributed by atoms with Crippen molar-refractivity contribution < 1.29 is 19.4 Å². The summed E-state index contributed by atoms with van der Waals surface area (Å²) in [5.74, 6) is 0.123. The normalized spacial score (nSPS) is 45.7. The van der Waals surface area contributed by atoms with Gasteiger partial charge in [-0.1, -0.05) is 25.5 Å². The number of carboxylic acid groups (broad SMARTS) is 1. The summed E-state index contributed by atoms with van der Waals surface area (Å²) in [6.07, 6.45) is 9.28. The van der Waals surface area contributed by atoms with Crippen LogP contribution in [0.5, 0.6) is 0 Å². The van der Waals surface area contributed by atoms with Gasteiger partial charge in [-0.25, -0.2) is 4.79 Å². The van der Waals surface area contributed by atoms with Crippen molar-refractivity contribution in [3.05, 3.63) is 23.8 Å². The molecule has 4 fully saturated rings. The van der Waals surface area contributed by atoms with E-state index >= 15 is 0 Å². The van der Waals surface area contributed by atoms with Gasteiger partial charge in [0.15, 0.2) is 0 Å². The first kappa shape index (κ1) is 20.7. The molecule has 4 nitrogen and oxygen atoms in total. The number of carbonyl (C=O) groups is 2. The quantitative estimate of drug-likeness (QED) is 0.384. The number of esters is 1. The highest BCUT2D eigenvalue weighted by molar-refractivity contribution is 5.83. The van der Waals surface area contributed by atoms with E-state index in [1.807, 2.05) is 20.8 Å². The molecule has 4 saturated carbocycles. The minimum absolute atomic E-state index is 0.0135. The van der Waals surface area contributed by atoms with Crippen LogP contribution in [-0.4, -0.2) is 23.1 Å². The van der Waals surface area contributed by atoms with E-state index in [2.05, 4.69) is 13.5 Å². The molecule has 4 rings (SSSR count). The topological polar surface area (TPSA) is 63.6 Å². The van der Waals surface area contributed by atoms with Crippen LogP contribution in [0.15, 0.2) is 23.8 Å². The highest BCUT2D eigenvalue weighted by Gasteiger charge is 2.68. The van der Waals surface area contributed by atoms with Crippen molar-refractivity contribution in [1.82, 2.24) is 0 Å². The fraction of sp³-hybridized carbons (Fsp3) is 0.760. The van der Waals surface area contributed by atoms with Crippen molar-refractivity contribution in [2.45, 2.75) is 85.2 Å². The Bertz CT molecular complexity index is 778. The van der Waals surface area contributed by atoms with Crippen LogP contribution in [0.1, 0.15) is 79.1 Å². The van der Waals surface area contributed by atoms with E-state index in [4.69, 9.17) is 4.74 Å². The predicted molar refractivity (Wildman–Crippen MR) is 112 cm³/mol.